The van der Waals surface area contributed by atoms with E-state index >= 15 is 0 Å². The molecular formula is C52H30N6O. The third-order valence-electron chi connectivity index (χ3n) is 10.8. The average Bonchev–Trinajstić information content (AvgIpc) is 4.02. The molecular weight excluding hydrogens is 725 g/mol. The number of hydrogen-bond acceptors (Lipinski definition) is 5. The zero-order chi connectivity index (χ0) is 46.0. The fourth-order valence-corrected chi connectivity index (χ4v) is 8.36. The maximum atomic E-state index is 11.2. The first kappa shape index (κ1) is 25.7. The SMILES string of the molecule is [2H]c1c([2H])c([2H])c(-c2nc(-c3c([2H])c([2H])c(-n4c5ccccc5c5ccc6c(c7ccccc7n6-c6ccccc6)c54)c(C#N)c3[2H])nc(-c3cccc4c3oc3ccccc34)n2)c([2H])c1[2H]. The van der Waals surface area contributed by atoms with Crippen LogP contribution in [0.4, 0.5) is 0 Å². The molecule has 0 N–H and O–H groups in total. The molecule has 0 aliphatic rings. The Morgan fingerprint density at radius 2 is 1.20 bits per heavy atom. The molecule has 0 aliphatic carbocycles. The highest BCUT2D eigenvalue weighted by Crippen LogP contribution is 2.43. The van der Waals surface area contributed by atoms with E-state index in [4.69, 9.17) is 21.2 Å². The molecule has 59 heavy (non-hydrogen) atoms. The van der Waals surface area contributed by atoms with Crippen molar-refractivity contribution in [3.8, 4) is 51.6 Å². The summed E-state index contributed by atoms with van der Waals surface area (Å²) >= 11 is 0. The minimum Gasteiger partial charge on any atom is -0.455 e. The molecule has 0 saturated heterocycles. The molecule has 12 aromatic rings. The lowest BCUT2D eigenvalue weighted by molar-refractivity contribution is 0.669. The molecule has 0 bridgehead atoms. The normalized spacial score (nSPS) is 13.6. The van der Waals surface area contributed by atoms with E-state index in [1.807, 2.05) is 120 Å². The Morgan fingerprint density at radius 1 is 0.525 bits per heavy atom. The second-order valence-electron chi connectivity index (χ2n) is 14.1. The summed E-state index contributed by atoms with van der Waals surface area (Å²) in [6.07, 6.45) is 0. The molecule has 0 amide bonds. The van der Waals surface area contributed by atoms with Crippen molar-refractivity contribution in [2.45, 2.75) is 0 Å². The zero-order valence-corrected chi connectivity index (χ0v) is 30.8. The number of nitrogens with zero attached hydrogens (tertiary/aromatic N) is 6. The summed E-state index contributed by atoms with van der Waals surface area (Å²) in [5.74, 6) is -0.705. The number of benzene rings is 8. The number of nitriles is 1. The van der Waals surface area contributed by atoms with Gasteiger partial charge in [0.15, 0.2) is 17.5 Å². The van der Waals surface area contributed by atoms with Gasteiger partial charge in [0.1, 0.15) is 17.2 Å². The van der Waals surface area contributed by atoms with Crippen LogP contribution in [0.1, 0.15) is 16.5 Å². The Labute approximate surface area is 348 Å². The molecule has 7 heteroatoms. The third kappa shape index (κ3) is 4.97. The van der Waals surface area contributed by atoms with Crippen molar-refractivity contribution in [1.29, 1.82) is 5.26 Å². The van der Waals surface area contributed by atoms with Gasteiger partial charge in [0.05, 0.1) is 49.8 Å². The highest BCUT2D eigenvalue weighted by molar-refractivity contribution is 6.26. The van der Waals surface area contributed by atoms with Gasteiger partial charge in [0.2, 0.25) is 0 Å². The van der Waals surface area contributed by atoms with E-state index in [2.05, 4.69) is 21.7 Å². The molecule has 8 aromatic carbocycles. The molecule has 0 fully saturated rings. The number of fused-ring (bicyclic) bond motifs is 10. The highest BCUT2D eigenvalue weighted by Gasteiger charge is 2.23. The summed E-state index contributed by atoms with van der Waals surface area (Å²) in [5.41, 5.74) is 4.61. The van der Waals surface area contributed by atoms with Crippen LogP contribution in [-0.4, -0.2) is 24.1 Å². The Morgan fingerprint density at radius 3 is 2.02 bits per heavy atom. The molecule has 4 heterocycles. The lowest BCUT2D eigenvalue weighted by atomic mass is 10.1. The van der Waals surface area contributed by atoms with Crippen LogP contribution in [-0.2, 0) is 0 Å². The summed E-state index contributed by atoms with van der Waals surface area (Å²) in [7, 11) is 0. The van der Waals surface area contributed by atoms with Gasteiger partial charge in [0.25, 0.3) is 0 Å². The van der Waals surface area contributed by atoms with E-state index in [1.165, 1.54) is 0 Å². The molecule has 274 valence electrons. The molecule has 4 aromatic heterocycles. The fourth-order valence-electron chi connectivity index (χ4n) is 8.36. The molecule has 7 nitrogen and oxygen atoms in total. The van der Waals surface area contributed by atoms with Gasteiger partial charge in [-0.2, -0.15) is 5.26 Å². The molecule has 0 aliphatic heterocycles. The summed E-state index contributed by atoms with van der Waals surface area (Å²) in [6, 6.07) is 40.5. The Hall–Kier alpha value is -8.34. The van der Waals surface area contributed by atoms with Gasteiger partial charge in [-0.25, -0.2) is 15.0 Å². The maximum absolute atomic E-state index is 11.2. The molecule has 0 unspecified atom stereocenters. The second kappa shape index (κ2) is 12.8. The van der Waals surface area contributed by atoms with Crippen molar-refractivity contribution in [1.82, 2.24) is 24.1 Å². The standard InChI is InChI=1S/C52H30N6O/c53-31-34-30-33(51-54-50(32-14-3-1-4-15-32)55-52(56-51)41-22-13-21-39-37-19-9-12-25-46(37)59-49(39)41)26-28-42(34)58-43-23-10-7-18-36(43)38-27-29-45-47(48(38)58)40-20-8-11-24-44(40)57(45)35-16-5-2-6-17-35/h1-30H/i1D,3D,4D,14D,15D,26D,28D,30D. The summed E-state index contributed by atoms with van der Waals surface area (Å²) < 4.78 is 82.6. The van der Waals surface area contributed by atoms with Crippen LogP contribution < -0.4 is 0 Å². The zero-order valence-electron chi connectivity index (χ0n) is 38.8. The molecule has 0 saturated carbocycles. The van der Waals surface area contributed by atoms with Crippen molar-refractivity contribution in [2.75, 3.05) is 0 Å². The Balaban J connectivity index is 1.18. The van der Waals surface area contributed by atoms with Crippen molar-refractivity contribution in [2.24, 2.45) is 0 Å². The van der Waals surface area contributed by atoms with Crippen LogP contribution in [0.25, 0.3) is 111 Å². The number of hydrogen-bond donors (Lipinski definition) is 0. The van der Waals surface area contributed by atoms with E-state index in [0.717, 1.165) is 49.0 Å². The van der Waals surface area contributed by atoms with E-state index in [1.54, 1.807) is 12.1 Å². The number of para-hydroxylation sites is 5. The minimum atomic E-state index is -0.613. The van der Waals surface area contributed by atoms with Gasteiger partial charge in [-0.1, -0.05) is 121 Å². The second-order valence-corrected chi connectivity index (χ2v) is 14.1. The molecule has 0 spiro atoms. The van der Waals surface area contributed by atoms with Crippen LogP contribution in [0.5, 0.6) is 0 Å². The minimum absolute atomic E-state index is 0.0173. The summed E-state index contributed by atoms with van der Waals surface area (Å²) in [5, 5.41) is 16.2. The average molecular weight is 763 g/mol. The van der Waals surface area contributed by atoms with E-state index < -0.39 is 42.3 Å². The number of furan rings is 1. The number of rotatable bonds is 5. The fraction of sp³-hybridized carbons (Fsp3) is 0. The topological polar surface area (TPSA) is 85.5 Å². The van der Waals surface area contributed by atoms with Crippen LogP contribution in [0.2, 0.25) is 0 Å². The third-order valence-corrected chi connectivity index (χ3v) is 10.8. The van der Waals surface area contributed by atoms with Crippen LogP contribution in [0.15, 0.2) is 186 Å². The van der Waals surface area contributed by atoms with Gasteiger partial charge in [-0.3, -0.25) is 0 Å². The number of aromatic nitrogens is 5. The Bertz CT molecular complexity index is 4140. The van der Waals surface area contributed by atoms with Crippen molar-refractivity contribution in [3.63, 3.8) is 0 Å². The monoisotopic (exact) mass is 762 g/mol. The summed E-state index contributed by atoms with van der Waals surface area (Å²) in [6.45, 7) is 0. The van der Waals surface area contributed by atoms with Crippen LogP contribution >= 0.6 is 0 Å². The van der Waals surface area contributed by atoms with Gasteiger partial charge >= 0.3 is 0 Å². The summed E-state index contributed by atoms with van der Waals surface area (Å²) in [4.78, 5) is 14.1. The predicted octanol–water partition coefficient (Wildman–Crippen LogP) is 12.8. The van der Waals surface area contributed by atoms with E-state index in [0.29, 0.717) is 27.8 Å². The Kier molecular flexibility index (Phi) is 5.61. The lowest BCUT2D eigenvalue weighted by Crippen LogP contribution is -2.02. The van der Waals surface area contributed by atoms with Crippen LogP contribution in [0.3, 0.4) is 0 Å². The maximum Gasteiger partial charge on any atom is 0.167 e. The largest absolute Gasteiger partial charge is 0.455 e. The first-order valence-corrected chi connectivity index (χ1v) is 18.9. The van der Waals surface area contributed by atoms with Gasteiger partial charge in [0, 0.05) is 49.1 Å². The van der Waals surface area contributed by atoms with E-state index in [-0.39, 0.29) is 45.9 Å². The van der Waals surface area contributed by atoms with Gasteiger partial charge < -0.3 is 13.6 Å². The van der Waals surface area contributed by atoms with Crippen molar-refractivity contribution >= 4 is 65.6 Å². The van der Waals surface area contributed by atoms with Gasteiger partial charge in [-0.05, 0) is 60.6 Å². The predicted molar refractivity (Wildman–Crippen MR) is 237 cm³/mol. The smallest absolute Gasteiger partial charge is 0.167 e. The highest BCUT2D eigenvalue weighted by atomic mass is 16.3. The van der Waals surface area contributed by atoms with Gasteiger partial charge in [-0.15, -0.1) is 0 Å². The lowest BCUT2D eigenvalue weighted by Gasteiger charge is -2.13. The first-order chi connectivity index (χ1) is 32.6. The molecule has 12 rings (SSSR count). The molecule has 0 radical (unpaired) electrons. The first-order valence-electron chi connectivity index (χ1n) is 22.9. The van der Waals surface area contributed by atoms with Crippen molar-refractivity contribution < 1.29 is 15.4 Å². The van der Waals surface area contributed by atoms with E-state index in [9.17, 15) is 9.37 Å². The quantitative estimate of drug-likeness (QED) is 0.174. The van der Waals surface area contributed by atoms with Crippen molar-refractivity contribution in [3.05, 3.63) is 187 Å². The van der Waals surface area contributed by atoms with Crippen LogP contribution in [0, 0.1) is 11.3 Å². The molecule has 0 atom stereocenters.